The quantitative estimate of drug-likeness (QED) is 0.388. The van der Waals surface area contributed by atoms with Crippen LogP contribution in [0, 0.1) is 5.82 Å². The molecule has 1 amide bonds. The molecule has 2 aromatic carbocycles. The molecule has 0 unspecified atom stereocenters. The van der Waals surface area contributed by atoms with Crippen molar-refractivity contribution < 1.29 is 9.18 Å². The first-order valence-corrected chi connectivity index (χ1v) is 8.05. The van der Waals surface area contributed by atoms with Crippen LogP contribution in [-0.4, -0.2) is 37.4 Å². The van der Waals surface area contributed by atoms with Crippen molar-refractivity contribution in [2.24, 2.45) is 4.99 Å². The summed E-state index contributed by atoms with van der Waals surface area (Å²) in [5.74, 6) is 0.178. The molecule has 7 heteroatoms. The Morgan fingerprint density at radius 3 is 2.42 bits per heavy atom. The van der Waals surface area contributed by atoms with Crippen molar-refractivity contribution in [2.75, 3.05) is 20.6 Å². The van der Waals surface area contributed by atoms with Gasteiger partial charge in [-0.15, -0.1) is 24.0 Å². The van der Waals surface area contributed by atoms with E-state index in [1.54, 1.807) is 13.1 Å². The van der Waals surface area contributed by atoms with Gasteiger partial charge in [-0.3, -0.25) is 9.79 Å². The number of rotatable bonds is 6. The van der Waals surface area contributed by atoms with Gasteiger partial charge in [-0.1, -0.05) is 42.5 Å². The van der Waals surface area contributed by atoms with E-state index >= 15 is 0 Å². The molecule has 0 radical (unpaired) electrons. The van der Waals surface area contributed by atoms with Gasteiger partial charge in [0.15, 0.2) is 5.96 Å². The monoisotopic (exact) mass is 470 g/mol. The molecular weight excluding hydrogens is 446 g/mol. The minimum Gasteiger partial charge on any atom is -0.350 e. The zero-order chi connectivity index (χ0) is 18.1. The van der Waals surface area contributed by atoms with Crippen LogP contribution in [-0.2, 0) is 17.9 Å². The van der Waals surface area contributed by atoms with E-state index in [4.69, 9.17) is 0 Å². The molecule has 2 rings (SSSR count). The number of halogens is 2. The molecule has 0 spiro atoms. The van der Waals surface area contributed by atoms with Gasteiger partial charge in [0.1, 0.15) is 5.82 Å². The molecule has 140 valence electrons. The summed E-state index contributed by atoms with van der Waals surface area (Å²) in [4.78, 5) is 18.0. The van der Waals surface area contributed by atoms with E-state index in [0.29, 0.717) is 19.0 Å². The predicted octanol–water partition coefficient (Wildman–Crippen LogP) is 2.77. The molecule has 0 aliphatic rings. The third kappa shape index (κ3) is 7.38. The average Bonchev–Trinajstić information content (AvgIpc) is 2.61. The van der Waals surface area contributed by atoms with Crippen molar-refractivity contribution in [1.29, 1.82) is 0 Å². The summed E-state index contributed by atoms with van der Waals surface area (Å²) in [5.41, 5.74) is 1.88. The standard InChI is InChI=1S/C19H23FN4O.HI/c1-21-19(24(2)14-16-9-6-10-17(20)11-16)23-13-18(25)22-12-15-7-4-3-5-8-15;/h3-11H,12-14H2,1-2H3,(H,21,23)(H,22,25);1H. The van der Waals surface area contributed by atoms with Crippen molar-refractivity contribution in [1.82, 2.24) is 15.5 Å². The van der Waals surface area contributed by atoms with Gasteiger partial charge in [-0.2, -0.15) is 0 Å². The van der Waals surface area contributed by atoms with E-state index in [9.17, 15) is 9.18 Å². The summed E-state index contributed by atoms with van der Waals surface area (Å²) in [6, 6.07) is 16.1. The van der Waals surface area contributed by atoms with Gasteiger partial charge < -0.3 is 15.5 Å². The van der Waals surface area contributed by atoms with Crippen molar-refractivity contribution >= 4 is 35.8 Å². The Labute approximate surface area is 170 Å². The highest BCUT2D eigenvalue weighted by atomic mass is 127. The zero-order valence-electron chi connectivity index (χ0n) is 14.9. The number of carbonyl (C=O) groups excluding carboxylic acids is 1. The van der Waals surface area contributed by atoms with Gasteiger partial charge in [-0.25, -0.2) is 4.39 Å². The van der Waals surface area contributed by atoms with Crippen LogP contribution in [0.25, 0.3) is 0 Å². The average molecular weight is 470 g/mol. The molecule has 0 saturated carbocycles. The van der Waals surface area contributed by atoms with Crippen LogP contribution < -0.4 is 10.6 Å². The van der Waals surface area contributed by atoms with E-state index in [1.807, 2.05) is 48.3 Å². The molecule has 0 heterocycles. The number of hydrogen-bond donors (Lipinski definition) is 2. The highest BCUT2D eigenvalue weighted by Gasteiger charge is 2.09. The Morgan fingerprint density at radius 1 is 1.08 bits per heavy atom. The molecular formula is C19H24FIN4O. The van der Waals surface area contributed by atoms with Crippen molar-refractivity contribution in [3.8, 4) is 0 Å². The highest BCUT2D eigenvalue weighted by Crippen LogP contribution is 2.06. The predicted molar refractivity (Wildman–Crippen MR) is 113 cm³/mol. The number of amides is 1. The van der Waals surface area contributed by atoms with Crippen LogP contribution in [0.2, 0.25) is 0 Å². The van der Waals surface area contributed by atoms with Crippen LogP contribution in [0.4, 0.5) is 4.39 Å². The number of carbonyl (C=O) groups is 1. The lowest BCUT2D eigenvalue weighted by molar-refractivity contribution is -0.120. The van der Waals surface area contributed by atoms with E-state index in [2.05, 4.69) is 15.6 Å². The first kappa shape index (κ1) is 21.9. The molecule has 0 aliphatic carbocycles. The summed E-state index contributed by atoms with van der Waals surface area (Å²) in [7, 11) is 3.48. The summed E-state index contributed by atoms with van der Waals surface area (Å²) < 4.78 is 13.3. The Hall–Kier alpha value is -2.16. The second kappa shape index (κ2) is 11.5. The maximum absolute atomic E-state index is 13.3. The fourth-order valence-electron chi connectivity index (χ4n) is 2.39. The van der Waals surface area contributed by atoms with Crippen molar-refractivity contribution in [2.45, 2.75) is 13.1 Å². The molecule has 0 saturated heterocycles. The molecule has 0 fully saturated rings. The smallest absolute Gasteiger partial charge is 0.239 e. The number of aliphatic imine (C=N–C) groups is 1. The minimum absolute atomic E-state index is 0. The van der Waals surface area contributed by atoms with Crippen LogP contribution in [0.3, 0.4) is 0 Å². The lowest BCUT2D eigenvalue weighted by Gasteiger charge is -2.22. The molecule has 0 aromatic heterocycles. The molecule has 26 heavy (non-hydrogen) atoms. The maximum atomic E-state index is 13.3. The number of nitrogens with zero attached hydrogens (tertiary/aromatic N) is 2. The lowest BCUT2D eigenvalue weighted by Crippen LogP contribution is -2.43. The maximum Gasteiger partial charge on any atom is 0.239 e. The summed E-state index contributed by atoms with van der Waals surface area (Å²) in [5, 5.41) is 5.86. The normalized spacial score (nSPS) is 10.7. The van der Waals surface area contributed by atoms with Gasteiger partial charge in [-0.05, 0) is 23.3 Å². The molecule has 0 atom stereocenters. The number of hydrogen-bond acceptors (Lipinski definition) is 2. The molecule has 0 aliphatic heterocycles. The topological polar surface area (TPSA) is 56.7 Å². The second-order valence-electron chi connectivity index (χ2n) is 5.65. The van der Waals surface area contributed by atoms with E-state index in [1.165, 1.54) is 12.1 Å². The third-order valence-electron chi connectivity index (χ3n) is 3.62. The zero-order valence-corrected chi connectivity index (χ0v) is 17.2. The fraction of sp³-hybridized carbons (Fsp3) is 0.263. The minimum atomic E-state index is -0.269. The largest absolute Gasteiger partial charge is 0.350 e. The van der Waals surface area contributed by atoms with Gasteiger partial charge in [0.25, 0.3) is 0 Å². The van der Waals surface area contributed by atoms with Crippen LogP contribution >= 0.6 is 24.0 Å². The molecule has 0 bridgehead atoms. The van der Waals surface area contributed by atoms with E-state index in [-0.39, 0.29) is 42.2 Å². The van der Waals surface area contributed by atoms with Gasteiger partial charge in [0.05, 0.1) is 6.54 Å². The first-order chi connectivity index (χ1) is 12.1. The Morgan fingerprint density at radius 2 is 1.77 bits per heavy atom. The van der Waals surface area contributed by atoms with Crippen molar-refractivity contribution in [3.63, 3.8) is 0 Å². The van der Waals surface area contributed by atoms with Gasteiger partial charge in [0, 0.05) is 27.2 Å². The number of benzene rings is 2. The van der Waals surface area contributed by atoms with Crippen molar-refractivity contribution in [3.05, 3.63) is 71.5 Å². The van der Waals surface area contributed by atoms with Gasteiger partial charge >= 0.3 is 0 Å². The van der Waals surface area contributed by atoms with Crippen LogP contribution in [0.1, 0.15) is 11.1 Å². The SMILES string of the molecule is CN=C(NCC(=O)NCc1ccccc1)N(C)Cc1cccc(F)c1.I. The second-order valence-corrected chi connectivity index (χ2v) is 5.65. The number of nitrogens with one attached hydrogen (secondary N) is 2. The van der Waals surface area contributed by atoms with Crippen LogP contribution in [0.15, 0.2) is 59.6 Å². The Kier molecular flexibility index (Phi) is 9.64. The van der Waals surface area contributed by atoms with E-state index in [0.717, 1.165) is 11.1 Å². The summed E-state index contributed by atoms with van der Waals surface area (Å²) in [6.07, 6.45) is 0. The Bertz CT molecular complexity index is 724. The summed E-state index contributed by atoms with van der Waals surface area (Å²) >= 11 is 0. The van der Waals surface area contributed by atoms with Crippen LogP contribution in [0.5, 0.6) is 0 Å². The fourth-order valence-corrected chi connectivity index (χ4v) is 2.39. The van der Waals surface area contributed by atoms with E-state index < -0.39 is 0 Å². The van der Waals surface area contributed by atoms with Gasteiger partial charge in [0.2, 0.25) is 5.91 Å². The highest BCUT2D eigenvalue weighted by molar-refractivity contribution is 14.0. The molecule has 2 N–H and O–H groups in total. The summed E-state index contributed by atoms with van der Waals surface area (Å²) in [6.45, 7) is 1.09. The third-order valence-corrected chi connectivity index (χ3v) is 3.62. The Balaban J connectivity index is 0.00000338. The molecule has 5 nitrogen and oxygen atoms in total. The molecule has 2 aromatic rings. The first-order valence-electron chi connectivity index (χ1n) is 8.05. The lowest BCUT2D eigenvalue weighted by atomic mass is 10.2. The number of guanidine groups is 1.